The number of nitrogens with zero attached hydrogens (tertiary/aromatic N) is 5. The molecule has 2 N–H and O–H groups in total. The molecular weight excluding hydrogens is 306 g/mol. The minimum atomic E-state index is -3.83. The molecule has 0 saturated carbocycles. The van der Waals surface area contributed by atoms with Crippen LogP contribution in [0, 0.1) is 6.92 Å². The van der Waals surface area contributed by atoms with E-state index in [2.05, 4.69) is 34.6 Å². The van der Waals surface area contributed by atoms with E-state index in [1.807, 2.05) is 0 Å². The summed E-state index contributed by atoms with van der Waals surface area (Å²) in [5.74, 6) is 0.580. The Morgan fingerprint density at radius 1 is 1.18 bits per heavy atom. The molecule has 0 bridgehead atoms. The summed E-state index contributed by atoms with van der Waals surface area (Å²) in [6, 6.07) is 5.28. The Hall–Kier alpha value is -2.88. The molecule has 112 valence electrons. The van der Waals surface area contributed by atoms with E-state index in [1.54, 1.807) is 31.3 Å². The van der Waals surface area contributed by atoms with E-state index in [4.69, 9.17) is 0 Å². The Labute approximate surface area is 126 Å². The maximum absolute atomic E-state index is 12.1. The van der Waals surface area contributed by atoms with Gasteiger partial charge in [-0.3, -0.25) is 4.98 Å². The van der Waals surface area contributed by atoms with Gasteiger partial charge in [0.25, 0.3) is 10.0 Å². The molecule has 0 aliphatic rings. The first kappa shape index (κ1) is 14.1. The maximum atomic E-state index is 12.1. The van der Waals surface area contributed by atoms with Crippen molar-refractivity contribution in [2.45, 2.75) is 11.9 Å². The van der Waals surface area contributed by atoms with E-state index in [9.17, 15) is 8.42 Å². The zero-order valence-corrected chi connectivity index (χ0v) is 12.2. The number of sulfonamides is 1. The van der Waals surface area contributed by atoms with Crippen LogP contribution in [0.25, 0.3) is 11.5 Å². The summed E-state index contributed by atoms with van der Waals surface area (Å²) in [6.45, 7) is 1.64. The van der Waals surface area contributed by atoms with Crippen molar-refractivity contribution < 1.29 is 8.42 Å². The van der Waals surface area contributed by atoms with Gasteiger partial charge in [0, 0.05) is 6.20 Å². The van der Waals surface area contributed by atoms with Crippen LogP contribution in [-0.2, 0) is 10.0 Å². The molecule has 0 unspecified atom stereocenters. The van der Waals surface area contributed by atoms with Crippen LogP contribution in [0.1, 0.15) is 5.82 Å². The predicted molar refractivity (Wildman–Crippen MR) is 77.2 cm³/mol. The number of H-pyrrole nitrogens is 1. The molecule has 3 aromatic heterocycles. The van der Waals surface area contributed by atoms with Crippen LogP contribution in [0.4, 0.5) is 5.95 Å². The van der Waals surface area contributed by atoms with Crippen molar-refractivity contribution >= 4 is 16.0 Å². The van der Waals surface area contributed by atoms with Gasteiger partial charge in [0.2, 0.25) is 5.95 Å². The predicted octanol–water partition coefficient (Wildman–Crippen LogP) is 0.766. The summed E-state index contributed by atoms with van der Waals surface area (Å²) >= 11 is 0. The molecule has 9 nitrogen and oxygen atoms in total. The monoisotopic (exact) mass is 317 g/mol. The topological polar surface area (TPSA) is 126 Å². The quantitative estimate of drug-likeness (QED) is 0.727. The lowest BCUT2D eigenvalue weighted by atomic mass is 10.3. The highest BCUT2D eigenvalue weighted by Gasteiger charge is 2.18. The molecule has 0 aromatic carbocycles. The van der Waals surface area contributed by atoms with Crippen LogP contribution < -0.4 is 4.72 Å². The Morgan fingerprint density at radius 3 is 2.73 bits per heavy atom. The number of anilines is 1. The van der Waals surface area contributed by atoms with Crippen molar-refractivity contribution in [3.8, 4) is 11.5 Å². The number of imidazole rings is 1. The standard InChI is InChI=1S/C12H11N7O2S/c1-8-16-11(9-4-2-3-5-14-9)18-12(17-8)19-22(20,21)10-6-13-7-15-10/h2-7H,1H3,(H,13,15)(H,16,17,18,19). The van der Waals surface area contributed by atoms with E-state index < -0.39 is 10.0 Å². The summed E-state index contributed by atoms with van der Waals surface area (Å²) in [5, 5.41) is -0.0787. The lowest BCUT2D eigenvalue weighted by Crippen LogP contribution is -2.16. The summed E-state index contributed by atoms with van der Waals surface area (Å²) in [4.78, 5) is 22.5. The number of aromatic nitrogens is 6. The van der Waals surface area contributed by atoms with Crippen LogP contribution in [-0.4, -0.2) is 38.3 Å². The molecule has 3 heterocycles. The molecule has 0 amide bonds. The molecule has 0 fully saturated rings. The summed E-state index contributed by atoms with van der Waals surface area (Å²) in [6.07, 6.45) is 4.06. The molecule has 22 heavy (non-hydrogen) atoms. The average Bonchev–Trinajstić information content (AvgIpc) is 3.02. The lowest BCUT2D eigenvalue weighted by Gasteiger charge is -2.06. The fraction of sp³-hybridized carbons (Fsp3) is 0.0833. The Morgan fingerprint density at radius 2 is 2.05 bits per heavy atom. The first-order valence-electron chi connectivity index (χ1n) is 6.20. The van der Waals surface area contributed by atoms with E-state index in [0.29, 0.717) is 11.5 Å². The van der Waals surface area contributed by atoms with Crippen LogP contribution >= 0.6 is 0 Å². The van der Waals surface area contributed by atoms with Crippen molar-refractivity contribution in [2.75, 3.05) is 4.72 Å². The minimum absolute atomic E-state index is 0.0787. The summed E-state index contributed by atoms with van der Waals surface area (Å²) in [5.41, 5.74) is 0.523. The summed E-state index contributed by atoms with van der Waals surface area (Å²) < 4.78 is 26.5. The van der Waals surface area contributed by atoms with Crippen molar-refractivity contribution in [3.05, 3.63) is 42.7 Å². The number of hydrogen-bond donors (Lipinski definition) is 2. The van der Waals surface area contributed by atoms with Crippen LogP contribution in [0.3, 0.4) is 0 Å². The Kier molecular flexibility index (Phi) is 3.51. The number of rotatable bonds is 4. The van der Waals surface area contributed by atoms with E-state index >= 15 is 0 Å². The van der Waals surface area contributed by atoms with Gasteiger partial charge in [0.1, 0.15) is 11.5 Å². The normalized spacial score (nSPS) is 11.3. The molecule has 0 aliphatic heterocycles. The molecule has 0 aliphatic carbocycles. The van der Waals surface area contributed by atoms with E-state index in [-0.39, 0.29) is 16.8 Å². The molecule has 3 rings (SSSR count). The second-order valence-electron chi connectivity index (χ2n) is 4.27. The smallest absolute Gasteiger partial charge is 0.281 e. The van der Waals surface area contributed by atoms with Crippen molar-refractivity contribution in [3.63, 3.8) is 0 Å². The Bertz CT molecular complexity index is 879. The van der Waals surface area contributed by atoms with Gasteiger partial charge in [0.15, 0.2) is 10.9 Å². The first-order chi connectivity index (χ1) is 10.5. The van der Waals surface area contributed by atoms with E-state index in [1.165, 1.54) is 12.5 Å². The number of hydrogen-bond acceptors (Lipinski definition) is 7. The SMILES string of the molecule is Cc1nc(NS(=O)(=O)c2cnc[nH]2)nc(-c2ccccn2)n1. The van der Waals surface area contributed by atoms with Gasteiger partial charge in [0.05, 0.1) is 12.5 Å². The zero-order valence-electron chi connectivity index (χ0n) is 11.4. The Balaban J connectivity index is 1.97. The van der Waals surface area contributed by atoms with Crippen molar-refractivity contribution in [1.82, 2.24) is 29.9 Å². The molecule has 3 aromatic rings. The highest BCUT2D eigenvalue weighted by Crippen LogP contribution is 2.15. The molecular formula is C12H11N7O2S. The second kappa shape index (κ2) is 5.48. The van der Waals surface area contributed by atoms with Gasteiger partial charge in [-0.1, -0.05) is 6.07 Å². The highest BCUT2D eigenvalue weighted by atomic mass is 32.2. The number of nitrogens with one attached hydrogen (secondary N) is 2. The second-order valence-corrected chi connectivity index (χ2v) is 5.92. The molecule has 10 heteroatoms. The molecule has 0 atom stereocenters. The van der Waals surface area contributed by atoms with Gasteiger partial charge in [-0.25, -0.2) is 14.7 Å². The van der Waals surface area contributed by atoms with Gasteiger partial charge in [-0.2, -0.15) is 18.4 Å². The highest BCUT2D eigenvalue weighted by molar-refractivity contribution is 7.92. The molecule has 0 saturated heterocycles. The third-order valence-corrected chi connectivity index (χ3v) is 3.88. The van der Waals surface area contributed by atoms with Crippen LogP contribution in [0.2, 0.25) is 0 Å². The van der Waals surface area contributed by atoms with Gasteiger partial charge >= 0.3 is 0 Å². The van der Waals surface area contributed by atoms with E-state index in [0.717, 1.165) is 0 Å². The third-order valence-electron chi connectivity index (χ3n) is 2.63. The van der Waals surface area contributed by atoms with Crippen LogP contribution in [0.5, 0.6) is 0 Å². The largest absolute Gasteiger partial charge is 0.334 e. The fourth-order valence-corrected chi connectivity index (χ4v) is 2.55. The first-order valence-corrected chi connectivity index (χ1v) is 7.68. The summed E-state index contributed by atoms with van der Waals surface area (Å²) in [7, 11) is -3.83. The number of pyridine rings is 1. The molecule has 0 radical (unpaired) electrons. The van der Waals surface area contributed by atoms with Crippen LogP contribution in [0.15, 0.2) is 41.9 Å². The van der Waals surface area contributed by atoms with Crippen molar-refractivity contribution in [1.29, 1.82) is 0 Å². The average molecular weight is 317 g/mol. The number of aryl methyl sites for hydroxylation is 1. The number of aromatic amines is 1. The molecule has 0 spiro atoms. The van der Waals surface area contributed by atoms with Gasteiger partial charge in [-0.05, 0) is 19.1 Å². The minimum Gasteiger partial charge on any atom is -0.334 e. The van der Waals surface area contributed by atoms with Crippen molar-refractivity contribution in [2.24, 2.45) is 0 Å². The third kappa shape index (κ3) is 2.91. The lowest BCUT2D eigenvalue weighted by molar-refractivity contribution is 0.598. The van der Waals surface area contributed by atoms with Gasteiger partial charge < -0.3 is 4.98 Å². The maximum Gasteiger partial charge on any atom is 0.281 e. The fourth-order valence-electron chi connectivity index (χ4n) is 1.70. The zero-order chi connectivity index (χ0) is 15.6. The van der Waals surface area contributed by atoms with Gasteiger partial charge in [-0.15, -0.1) is 0 Å².